The Kier molecular flexibility index (Phi) is 5.97. The lowest BCUT2D eigenvalue weighted by atomic mass is 10.1. The van der Waals surface area contributed by atoms with Crippen molar-refractivity contribution in [3.63, 3.8) is 0 Å². The van der Waals surface area contributed by atoms with Crippen LogP contribution in [0.1, 0.15) is 36.7 Å². The number of nitrogens with one attached hydrogen (secondary N) is 1. The van der Waals surface area contributed by atoms with Gasteiger partial charge in [-0.3, -0.25) is 14.8 Å². The molecule has 124 valence electrons. The first kappa shape index (κ1) is 17.0. The number of aliphatic hydroxyl groups is 1. The van der Waals surface area contributed by atoms with Crippen molar-refractivity contribution in [2.24, 2.45) is 0 Å². The van der Waals surface area contributed by atoms with E-state index in [2.05, 4.69) is 15.1 Å². The van der Waals surface area contributed by atoms with Gasteiger partial charge in [-0.1, -0.05) is 0 Å². The Morgan fingerprint density at radius 3 is 2.73 bits per heavy atom. The van der Waals surface area contributed by atoms with E-state index in [1.807, 2.05) is 25.7 Å². The molecule has 0 saturated carbocycles. The zero-order valence-electron chi connectivity index (χ0n) is 13.9. The summed E-state index contributed by atoms with van der Waals surface area (Å²) < 4.78 is 0. The van der Waals surface area contributed by atoms with Gasteiger partial charge in [-0.15, -0.1) is 0 Å². The van der Waals surface area contributed by atoms with E-state index in [-0.39, 0.29) is 18.6 Å². The van der Waals surface area contributed by atoms with Gasteiger partial charge in [-0.25, -0.2) is 0 Å². The summed E-state index contributed by atoms with van der Waals surface area (Å²) in [6, 6.07) is 0.172. The van der Waals surface area contributed by atoms with Crippen molar-refractivity contribution in [1.29, 1.82) is 0 Å². The van der Waals surface area contributed by atoms with Gasteiger partial charge in [-0.05, 0) is 39.2 Å². The van der Waals surface area contributed by atoms with Crippen LogP contribution in [0.3, 0.4) is 0 Å². The molecular weight excluding hydrogens is 280 g/mol. The SMILES string of the molecule is Cc1n[nH]c(C)c1CCC(=O)N1CCCN(C(C)CO)CC1. The van der Waals surface area contributed by atoms with Gasteiger partial charge in [0, 0.05) is 44.3 Å². The van der Waals surface area contributed by atoms with Crippen LogP contribution >= 0.6 is 0 Å². The number of aromatic amines is 1. The van der Waals surface area contributed by atoms with E-state index >= 15 is 0 Å². The van der Waals surface area contributed by atoms with Crippen molar-refractivity contribution in [2.45, 2.75) is 46.1 Å². The van der Waals surface area contributed by atoms with E-state index in [1.54, 1.807) is 0 Å². The second kappa shape index (κ2) is 7.74. The summed E-state index contributed by atoms with van der Waals surface area (Å²) in [6.45, 7) is 9.55. The summed E-state index contributed by atoms with van der Waals surface area (Å²) in [5.41, 5.74) is 3.21. The van der Waals surface area contributed by atoms with Crippen LogP contribution in [0, 0.1) is 13.8 Å². The largest absolute Gasteiger partial charge is 0.395 e. The number of rotatable bonds is 5. The van der Waals surface area contributed by atoms with Crippen LogP contribution in [0.2, 0.25) is 0 Å². The molecule has 1 atom stereocenters. The molecule has 1 aromatic heterocycles. The average Bonchev–Trinajstić information content (AvgIpc) is 2.72. The van der Waals surface area contributed by atoms with E-state index in [4.69, 9.17) is 0 Å². The molecule has 0 spiro atoms. The third kappa shape index (κ3) is 4.08. The maximum absolute atomic E-state index is 12.4. The van der Waals surface area contributed by atoms with Gasteiger partial charge in [-0.2, -0.15) is 5.10 Å². The monoisotopic (exact) mass is 308 g/mol. The molecule has 22 heavy (non-hydrogen) atoms. The van der Waals surface area contributed by atoms with Gasteiger partial charge in [0.25, 0.3) is 0 Å². The first-order chi connectivity index (χ1) is 10.5. The van der Waals surface area contributed by atoms with Crippen molar-refractivity contribution in [3.8, 4) is 0 Å². The summed E-state index contributed by atoms with van der Waals surface area (Å²) >= 11 is 0. The lowest BCUT2D eigenvalue weighted by Gasteiger charge is -2.26. The van der Waals surface area contributed by atoms with Gasteiger partial charge < -0.3 is 10.0 Å². The number of aryl methyl sites for hydroxylation is 2. The Labute approximate surface area is 132 Å². The Balaban J connectivity index is 1.85. The molecule has 1 amide bonds. The highest BCUT2D eigenvalue weighted by atomic mass is 16.3. The molecule has 1 aliphatic heterocycles. The highest BCUT2D eigenvalue weighted by molar-refractivity contribution is 5.76. The standard InChI is InChI=1S/C16H28N4O2/c1-12(11-21)19-7-4-8-20(10-9-19)16(22)6-5-15-13(2)17-18-14(15)3/h12,21H,4-11H2,1-3H3,(H,17,18). The lowest BCUT2D eigenvalue weighted by Crippen LogP contribution is -2.39. The normalized spacial score (nSPS) is 18.3. The first-order valence-corrected chi connectivity index (χ1v) is 8.16. The van der Waals surface area contributed by atoms with Crippen LogP contribution in [0.5, 0.6) is 0 Å². The third-order valence-electron chi connectivity index (χ3n) is 4.64. The van der Waals surface area contributed by atoms with Crippen molar-refractivity contribution in [1.82, 2.24) is 20.0 Å². The number of hydrogen-bond acceptors (Lipinski definition) is 4. The summed E-state index contributed by atoms with van der Waals surface area (Å²) in [4.78, 5) is 16.7. The van der Waals surface area contributed by atoms with Gasteiger partial charge in [0.05, 0.1) is 12.3 Å². The maximum atomic E-state index is 12.4. The molecule has 2 heterocycles. The highest BCUT2D eigenvalue weighted by Gasteiger charge is 2.21. The fourth-order valence-corrected chi connectivity index (χ4v) is 3.08. The quantitative estimate of drug-likeness (QED) is 0.847. The number of nitrogens with zero attached hydrogens (tertiary/aromatic N) is 3. The molecule has 6 heteroatoms. The first-order valence-electron chi connectivity index (χ1n) is 8.16. The zero-order chi connectivity index (χ0) is 16.1. The van der Waals surface area contributed by atoms with Gasteiger partial charge in [0.15, 0.2) is 0 Å². The predicted molar refractivity (Wildman–Crippen MR) is 85.7 cm³/mol. The second-order valence-corrected chi connectivity index (χ2v) is 6.21. The Morgan fingerprint density at radius 2 is 2.09 bits per heavy atom. The molecule has 1 fully saturated rings. The number of carbonyl (C=O) groups is 1. The molecule has 0 aliphatic carbocycles. The summed E-state index contributed by atoms with van der Waals surface area (Å²) in [7, 11) is 0. The van der Waals surface area contributed by atoms with Crippen LogP contribution in [0.15, 0.2) is 0 Å². The number of hydrogen-bond donors (Lipinski definition) is 2. The fourth-order valence-electron chi connectivity index (χ4n) is 3.08. The molecule has 2 rings (SSSR count). The van der Waals surface area contributed by atoms with Crippen LogP contribution in [0.4, 0.5) is 0 Å². The highest BCUT2D eigenvalue weighted by Crippen LogP contribution is 2.14. The fraction of sp³-hybridized carbons (Fsp3) is 0.750. The van der Waals surface area contributed by atoms with Crippen LogP contribution in [-0.2, 0) is 11.2 Å². The number of aliphatic hydroxyl groups excluding tert-OH is 1. The van der Waals surface area contributed by atoms with Crippen molar-refractivity contribution < 1.29 is 9.90 Å². The van der Waals surface area contributed by atoms with Crippen molar-refractivity contribution >= 4 is 5.91 Å². The van der Waals surface area contributed by atoms with Crippen molar-refractivity contribution in [2.75, 3.05) is 32.8 Å². The molecule has 1 unspecified atom stereocenters. The van der Waals surface area contributed by atoms with Crippen LogP contribution < -0.4 is 0 Å². The summed E-state index contributed by atoms with van der Waals surface area (Å²) in [5, 5.41) is 16.4. The van der Waals surface area contributed by atoms with Crippen LogP contribution in [0.25, 0.3) is 0 Å². The number of aromatic nitrogens is 2. The van der Waals surface area contributed by atoms with E-state index in [0.29, 0.717) is 6.42 Å². The molecule has 6 nitrogen and oxygen atoms in total. The lowest BCUT2D eigenvalue weighted by molar-refractivity contribution is -0.131. The minimum atomic E-state index is 0.172. The molecule has 1 aromatic rings. The van der Waals surface area contributed by atoms with Crippen LogP contribution in [-0.4, -0.2) is 69.8 Å². The predicted octanol–water partition coefficient (Wildman–Crippen LogP) is 0.874. The average molecular weight is 308 g/mol. The van der Waals surface area contributed by atoms with Gasteiger partial charge in [0.1, 0.15) is 0 Å². The van der Waals surface area contributed by atoms with E-state index in [1.165, 1.54) is 5.56 Å². The van der Waals surface area contributed by atoms with E-state index in [9.17, 15) is 9.90 Å². The van der Waals surface area contributed by atoms with Crippen molar-refractivity contribution in [3.05, 3.63) is 17.0 Å². The Bertz CT molecular complexity index is 481. The number of carbonyl (C=O) groups excluding carboxylic acids is 1. The molecule has 1 aliphatic rings. The van der Waals surface area contributed by atoms with E-state index < -0.39 is 0 Å². The molecule has 1 saturated heterocycles. The number of H-pyrrole nitrogens is 1. The summed E-state index contributed by atoms with van der Waals surface area (Å²) in [5.74, 6) is 0.221. The molecule has 0 radical (unpaired) electrons. The molecular formula is C16H28N4O2. The molecule has 0 bridgehead atoms. The smallest absolute Gasteiger partial charge is 0.222 e. The third-order valence-corrected chi connectivity index (χ3v) is 4.64. The molecule has 0 aromatic carbocycles. The Hall–Kier alpha value is -1.40. The minimum Gasteiger partial charge on any atom is -0.395 e. The van der Waals surface area contributed by atoms with E-state index in [0.717, 1.165) is 50.4 Å². The summed E-state index contributed by atoms with van der Waals surface area (Å²) in [6.07, 6.45) is 2.26. The van der Waals surface area contributed by atoms with Gasteiger partial charge >= 0.3 is 0 Å². The Morgan fingerprint density at radius 1 is 1.32 bits per heavy atom. The number of amides is 1. The second-order valence-electron chi connectivity index (χ2n) is 6.21. The molecule has 2 N–H and O–H groups in total. The maximum Gasteiger partial charge on any atom is 0.222 e. The zero-order valence-corrected chi connectivity index (χ0v) is 13.9. The minimum absolute atomic E-state index is 0.172. The topological polar surface area (TPSA) is 72.5 Å². The van der Waals surface area contributed by atoms with Gasteiger partial charge in [0.2, 0.25) is 5.91 Å².